The van der Waals surface area contributed by atoms with Crippen molar-refractivity contribution in [1.29, 1.82) is 0 Å². The third-order valence-corrected chi connectivity index (χ3v) is 3.43. The summed E-state index contributed by atoms with van der Waals surface area (Å²) in [6.07, 6.45) is 0.893. The summed E-state index contributed by atoms with van der Waals surface area (Å²) in [6, 6.07) is 11.9. The summed E-state index contributed by atoms with van der Waals surface area (Å²) in [5.41, 5.74) is 1.24. The number of halogens is 2. The van der Waals surface area contributed by atoms with Crippen LogP contribution in [0.1, 0.15) is 21.9 Å². The second kappa shape index (κ2) is 5.07. The summed E-state index contributed by atoms with van der Waals surface area (Å²) in [6.45, 7) is 1.95. The van der Waals surface area contributed by atoms with Crippen molar-refractivity contribution in [2.75, 3.05) is 0 Å². The molecule has 0 spiro atoms. The zero-order valence-corrected chi connectivity index (χ0v) is 11.3. The maximum atomic E-state index is 5.84. The van der Waals surface area contributed by atoms with Gasteiger partial charge in [0.25, 0.3) is 0 Å². The monoisotopic (exact) mass is 298 g/mol. The second-order valence-corrected chi connectivity index (χ2v) is 5.29. The van der Waals surface area contributed by atoms with Gasteiger partial charge in [-0.2, -0.15) is 0 Å². The molecule has 0 amide bonds. The van der Waals surface area contributed by atoms with Crippen molar-refractivity contribution in [3.8, 4) is 0 Å². The molecule has 0 aliphatic heterocycles. The van der Waals surface area contributed by atoms with Crippen molar-refractivity contribution in [3.05, 3.63) is 58.5 Å². The number of alkyl halides is 1. The Balaban J connectivity index is 2.07. The Morgan fingerprint density at radius 1 is 1.19 bits per heavy atom. The summed E-state index contributed by atoms with van der Waals surface area (Å²) < 4.78 is 5.57. The highest BCUT2D eigenvalue weighted by molar-refractivity contribution is 9.09. The average Bonchev–Trinajstić information content (AvgIpc) is 2.68. The molecule has 1 unspecified atom stereocenters. The number of hydrogen-bond acceptors (Lipinski definition) is 1. The minimum absolute atomic E-state index is 0.211. The predicted octanol–water partition coefficient (Wildman–Crippen LogP) is 4.92. The molecule has 0 aliphatic rings. The van der Waals surface area contributed by atoms with Crippen molar-refractivity contribution >= 4 is 27.5 Å². The zero-order chi connectivity index (χ0) is 11.5. The molecular formula is C13H12BrClO. The second-order valence-electron chi connectivity index (χ2n) is 3.75. The molecule has 0 saturated heterocycles. The van der Waals surface area contributed by atoms with E-state index in [9.17, 15) is 0 Å². The van der Waals surface area contributed by atoms with E-state index < -0.39 is 0 Å². The zero-order valence-electron chi connectivity index (χ0n) is 8.91. The molecule has 1 nitrogen and oxygen atoms in total. The van der Waals surface area contributed by atoms with E-state index >= 15 is 0 Å². The van der Waals surface area contributed by atoms with Gasteiger partial charge in [0.1, 0.15) is 11.5 Å². The highest BCUT2D eigenvalue weighted by Crippen LogP contribution is 2.28. The van der Waals surface area contributed by atoms with Crippen LogP contribution >= 0.6 is 27.5 Å². The van der Waals surface area contributed by atoms with Gasteiger partial charge in [-0.05, 0) is 43.2 Å². The van der Waals surface area contributed by atoms with Gasteiger partial charge in [-0.1, -0.05) is 39.7 Å². The van der Waals surface area contributed by atoms with E-state index in [1.54, 1.807) is 0 Å². The van der Waals surface area contributed by atoms with Crippen LogP contribution in [0.4, 0.5) is 0 Å². The molecule has 2 aromatic rings. The maximum absolute atomic E-state index is 5.84. The molecule has 1 atom stereocenters. The average molecular weight is 300 g/mol. The van der Waals surface area contributed by atoms with Crippen LogP contribution in [-0.2, 0) is 6.42 Å². The molecule has 0 saturated carbocycles. The van der Waals surface area contributed by atoms with Crippen LogP contribution < -0.4 is 0 Å². The Bertz CT molecular complexity index is 461. The molecule has 3 heteroatoms. The van der Waals surface area contributed by atoms with Gasteiger partial charge in [-0.15, -0.1) is 0 Å². The minimum Gasteiger partial charge on any atom is -0.465 e. The Kier molecular flexibility index (Phi) is 3.72. The normalized spacial score (nSPS) is 12.7. The van der Waals surface area contributed by atoms with Crippen molar-refractivity contribution in [2.45, 2.75) is 18.2 Å². The summed E-state index contributed by atoms with van der Waals surface area (Å²) in [5, 5.41) is 0.767. The Hall–Kier alpha value is -0.730. The molecule has 0 aliphatic carbocycles. The molecular weight excluding hydrogens is 287 g/mol. The highest BCUT2D eigenvalue weighted by atomic mass is 79.9. The molecule has 0 radical (unpaired) electrons. The van der Waals surface area contributed by atoms with Gasteiger partial charge in [-0.25, -0.2) is 0 Å². The van der Waals surface area contributed by atoms with E-state index in [2.05, 4.69) is 15.9 Å². The Morgan fingerprint density at radius 3 is 2.44 bits per heavy atom. The lowest BCUT2D eigenvalue weighted by Gasteiger charge is -2.06. The number of hydrogen-bond donors (Lipinski definition) is 0. The summed E-state index contributed by atoms with van der Waals surface area (Å²) in [7, 11) is 0. The molecule has 0 bridgehead atoms. The summed E-state index contributed by atoms with van der Waals surface area (Å²) in [5.74, 6) is 1.91. The first-order valence-electron chi connectivity index (χ1n) is 5.10. The first kappa shape index (κ1) is 11.7. The largest absolute Gasteiger partial charge is 0.465 e. The molecule has 0 N–H and O–H groups in total. The van der Waals surface area contributed by atoms with Gasteiger partial charge < -0.3 is 4.42 Å². The van der Waals surface area contributed by atoms with E-state index in [0.717, 1.165) is 23.0 Å². The fourth-order valence-corrected chi connectivity index (χ4v) is 2.30. The fourth-order valence-electron chi connectivity index (χ4n) is 1.55. The predicted molar refractivity (Wildman–Crippen MR) is 70.3 cm³/mol. The van der Waals surface area contributed by atoms with Crippen LogP contribution in [0.15, 0.2) is 40.8 Å². The van der Waals surface area contributed by atoms with Crippen LogP contribution in [0.3, 0.4) is 0 Å². The van der Waals surface area contributed by atoms with Gasteiger partial charge >= 0.3 is 0 Å². The smallest absolute Gasteiger partial charge is 0.118 e. The van der Waals surface area contributed by atoms with E-state index in [-0.39, 0.29) is 4.83 Å². The van der Waals surface area contributed by atoms with E-state index in [1.807, 2.05) is 43.3 Å². The lowest BCUT2D eigenvalue weighted by Crippen LogP contribution is -1.93. The summed E-state index contributed by atoms with van der Waals surface area (Å²) >= 11 is 9.47. The number of benzene rings is 1. The number of rotatable bonds is 3. The maximum Gasteiger partial charge on any atom is 0.118 e. The highest BCUT2D eigenvalue weighted by Gasteiger charge is 2.11. The molecule has 1 heterocycles. The minimum atomic E-state index is 0.211. The molecule has 84 valence electrons. The van der Waals surface area contributed by atoms with E-state index in [1.165, 1.54) is 5.56 Å². The van der Waals surface area contributed by atoms with Crippen LogP contribution in [0.5, 0.6) is 0 Å². The fraction of sp³-hybridized carbons (Fsp3) is 0.231. The molecule has 1 aromatic carbocycles. The van der Waals surface area contributed by atoms with Gasteiger partial charge in [-0.3, -0.25) is 0 Å². The standard InChI is InChI=1S/C13H12BrClO/c1-9-2-7-13(16-9)12(14)8-10-3-5-11(15)6-4-10/h2-7,12H,8H2,1H3. The van der Waals surface area contributed by atoms with E-state index in [4.69, 9.17) is 16.0 Å². The van der Waals surface area contributed by atoms with Gasteiger partial charge in [0.2, 0.25) is 0 Å². The van der Waals surface area contributed by atoms with Gasteiger partial charge in [0.15, 0.2) is 0 Å². The molecule has 2 rings (SSSR count). The van der Waals surface area contributed by atoms with Crippen LogP contribution in [0.25, 0.3) is 0 Å². The number of aryl methyl sites for hydroxylation is 1. The summed E-state index contributed by atoms with van der Waals surface area (Å²) in [4.78, 5) is 0.211. The first-order chi connectivity index (χ1) is 7.65. The number of furan rings is 1. The topological polar surface area (TPSA) is 13.1 Å². The lowest BCUT2D eigenvalue weighted by atomic mass is 10.1. The third-order valence-electron chi connectivity index (χ3n) is 2.40. The molecule has 16 heavy (non-hydrogen) atoms. The van der Waals surface area contributed by atoms with Crippen molar-refractivity contribution in [3.63, 3.8) is 0 Å². The Labute approximate surface area is 109 Å². The van der Waals surface area contributed by atoms with E-state index in [0.29, 0.717) is 0 Å². The third kappa shape index (κ3) is 2.89. The van der Waals surface area contributed by atoms with Gasteiger partial charge in [0.05, 0.1) is 4.83 Å². The van der Waals surface area contributed by atoms with Crippen molar-refractivity contribution in [2.24, 2.45) is 0 Å². The SMILES string of the molecule is Cc1ccc(C(Br)Cc2ccc(Cl)cc2)o1. The quantitative estimate of drug-likeness (QED) is 0.733. The van der Waals surface area contributed by atoms with Gasteiger partial charge in [0, 0.05) is 5.02 Å². The Morgan fingerprint density at radius 2 is 1.88 bits per heavy atom. The van der Waals surface area contributed by atoms with Crippen LogP contribution in [0.2, 0.25) is 5.02 Å². The first-order valence-corrected chi connectivity index (χ1v) is 6.39. The van der Waals surface area contributed by atoms with Crippen molar-refractivity contribution in [1.82, 2.24) is 0 Å². The van der Waals surface area contributed by atoms with Crippen LogP contribution in [0, 0.1) is 6.92 Å². The molecule has 0 fully saturated rings. The van der Waals surface area contributed by atoms with Crippen molar-refractivity contribution < 1.29 is 4.42 Å². The lowest BCUT2D eigenvalue weighted by molar-refractivity contribution is 0.481. The molecule has 1 aromatic heterocycles. The van der Waals surface area contributed by atoms with Crippen LogP contribution in [-0.4, -0.2) is 0 Å².